The van der Waals surface area contributed by atoms with Gasteiger partial charge in [0.05, 0.1) is 0 Å². The van der Waals surface area contributed by atoms with Gasteiger partial charge >= 0.3 is 0 Å². The zero-order valence-electron chi connectivity index (χ0n) is 14.0. The minimum atomic E-state index is 0.594. The van der Waals surface area contributed by atoms with Gasteiger partial charge < -0.3 is 5.73 Å². The van der Waals surface area contributed by atoms with Gasteiger partial charge in [-0.2, -0.15) is 0 Å². The molecular formula is C18H39N. The van der Waals surface area contributed by atoms with Crippen LogP contribution >= 0.6 is 0 Å². The molecule has 0 atom stereocenters. The number of hydrogen-bond acceptors (Lipinski definition) is 1. The van der Waals surface area contributed by atoms with Crippen LogP contribution in [0.15, 0.2) is 0 Å². The molecule has 0 bridgehead atoms. The lowest BCUT2D eigenvalue weighted by Crippen LogP contribution is -2.17. The molecule has 0 radical (unpaired) electrons. The summed E-state index contributed by atoms with van der Waals surface area (Å²) in [6.45, 7) is 7.99. The Morgan fingerprint density at radius 1 is 0.632 bits per heavy atom. The van der Waals surface area contributed by atoms with E-state index in [1.54, 1.807) is 0 Å². The molecule has 0 fully saturated rings. The lowest BCUT2D eigenvalue weighted by Gasteiger charge is -2.30. The fourth-order valence-corrected chi connectivity index (χ4v) is 3.03. The van der Waals surface area contributed by atoms with Gasteiger partial charge in [-0.3, -0.25) is 0 Å². The van der Waals surface area contributed by atoms with Crippen LogP contribution in [0.3, 0.4) is 0 Å². The van der Waals surface area contributed by atoms with Crippen LogP contribution in [0.4, 0.5) is 0 Å². The average Bonchev–Trinajstić information content (AvgIpc) is 2.41. The van der Waals surface area contributed by atoms with Crippen molar-refractivity contribution in [1.29, 1.82) is 0 Å². The topological polar surface area (TPSA) is 26.0 Å². The molecule has 0 aliphatic rings. The molecular weight excluding hydrogens is 230 g/mol. The molecule has 0 unspecified atom stereocenters. The Bertz CT molecular complexity index is 165. The standard InChI is InChI=1S/C18H39N/c1-4-6-8-10-14-18(3,16-12-13-17-19)15-11-9-7-5-2/h4-17,19H2,1-3H3. The molecule has 0 saturated carbocycles. The number of nitrogens with two attached hydrogens (primary N) is 1. The van der Waals surface area contributed by atoms with E-state index in [2.05, 4.69) is 20.8 Å². The summed E-state index contributed by atoms with van der Waals surface area (Å²) in [5.74, 6) is 0. The molecule has 1 heteroatoms. The van der Waals surface area contributed by atoms with E-state index in [1.165, 1.54) is 83.5 Å². The maximum absolute atomic E-state index is 5.64. The molecule has 0 aromatic rings. The third-order valence-corrected chi connectivity index (χ3v) is 4.50. The lowest BCUT2D eigenvalue weighted by atomic mass is 9.76. The Hall–Kier alpha value is -0.0400. The normalized spacial score (nSPS) is 12.0. The molecule has 1 nitrogen and oxygen atoms in total. The van der Waals surface area contributed by atoms with Crippen LogP contribution in [-0.2, 0) is 0 Å². The second-order valence-corrected chi connectivity index (χ2v) is 6.68. The summed E-state index contributed by atoms with van der Waals surface area (Å²) in [4.78, 5) is 0. The van der Waals surface area contributed by atoms with Gasteiger partial charge in [-0.15, -0.1) is 0 Å². The molecule has 0 amide bonds. The van der Waals surface area contributed by atoms with Gasteiger partial charge in [0, 0.05) is 0 Å². The van der Waals surface area contributed by atoms with Gasteiger partial charge in [0.1, 0.15) is 0 Å². The molecule has 0 rings (SSSR count). The molecule has 2 N–H and O–H groups in total. The van der Waals surface area contributed by atoms with E-state index in [-0.39, 0.29) is 0 Å². The highest BCUT2D eigenvalue weighted by atomic mass is 14.5. The van der Waals surface area contributed by atoms with E-state index in [0.717, 1.165) is 6.54 Å². The number of unbranched alkanes of at least 4 members (excludes halogenated alkanes) is 7. The predicted octanol–water partition coefficient (Wildman–Crippen LogP) is 6.06. The van der Waals surface area contributed by atoms with Gasteiger partial charge in [-0.05, 0) is 37.6 Å². The summed E-state index contributed by atoms with van der Waals surface area (Å²) in [7, 11) is 0. The summed E-state index contributed by atoms with van der Waals surface area (Å²) in [5, 5.41) is 0. The van der Waals surface area contributed by atoms with E-state index >= 15 is 0 Å². The predicted molar refractivity (Wildman–Crippen MR) is 88.5 cm³/mol. The lowest BCUT2D eigenvalue weighted by molar-refractivity contribution is 0.224. The first-order valence-electron chi connectivity index (χ1n) is 8.88. The number of hydrogen-bond donors (Lipinski definition) is 1. The van der Waals surface area contributed by atoms with Gasteiger partial charge in [-0.1, -0.05) is 78.6 Å². The Morgan fingerprint density at radius 3 is 1.42 bits per heavy atom. The molecule has 0 aromatic heterocycles. The van der Waals surface area contributed by atoms with Crippen LogP contribution in [0.2, 0.25) is 0 Å². The van der Waals surface area contributed by atoms with Gasteiger partial charge in [0.2, 0.25) is 0 Å². The van der Waals surface area contributed by atoms with Gasteiger partial charge in [-0.25, -0.2) is 0 Å². The molecule has 19 heavy (non-hydrogen) atoms. The summed E-state index contributed by atoms with van der Waals surface area (Å²) >= 11 is 0. The Kier molecular flexibility index (Phi) is 12.9. The Labute approximate surface area is 122 Å². The fraction of sp³-hybridized carbons (Fsp3) is 1.00. The molecule has 0 saturated heterocycles. The van der Waals surface area contributed by atoms with Crippen LogP contribution in [0, 0.1) is 5.41 Å². The first kappa shape index (κ1) is 19.0. The van der Waals surface area contributed by atoms with Crippen LogP contribution in [0.5, 0.6) is 0 Å². The van der Waals surface area contributed by atoms with Crippen LogP contribution in [0.1, 0.15) is 104 Å². The fourth-order valence-electron chi connectivity index (χ4n) is 3.03. The maximum atomic E-state index is 5.64. The summed E-state index contributed by atoms with van der Waals surface area (Å²) in [5.41, 5.74) is 6.23. The van der Waals surface area contributed by atoms with Crippen LogP contribution in [0.25, 0.3) is 0 Å². The Balaban J connectivity index is 3.96. The SMILES string of the molecule is CCCCCCC(C)(CCCCN)CCCCCC. The van der Waals surface area contributed by atoms with Crippen molar-refractivity contribution in [3.63, 3.8) is 0 Å². The van der Waals surface area contributed by atoms with Gasteiger partial charge in [0.25, 0.3) is 0 Å². The van der Waals surface area contributed by atoms with Crippen LogP contribution < -0.4 is 5.73 Å². The van der Waals surface area contributed by atoms with Crippen molar-refractivity contribution in [2.75, 3.05) is 6.54 Å². The molecule has 0 aliphatic carbocycles. The van der Waals surface area contributed by atoms with Crippen LogP contribution in [-0.4, -0.2) is 6.54 Å². The third kappa shape index (κ3) is 11.5. The number of rotatable bonds is 14. The van der Waals surface area contributed by atoms with Crippen molar-refractivity contribution in [1.82, 2.24) is 0 Å². The van der Waals surface area contributed by atoms with Crippen molar-refractivity contribution < 1.29 is 0 Å². The summed E-state index contributed by atoms with van der Waals surface area (Å²) in [6, 6.07) is 0. The highest BCUT2D eigenvalue weighted by Gasteiger charge is 2.22. The highest BCUT2D eigenvalue weighted by Crippen LogP contribution is 2.36. The van der Waals surface area contributed by atoms with E-state index in [4.69, 9.17) is 5.73 Å². The van der Waals surface area contributed by atoms with Crippen molar-refractivity contribution in [2.45, 2.75) is 104 Å². The first-order valence-corrected chi connectivity index (χ1v) is 8.88. The second kappa shape index (κ2) is 13.0. The second-order valence-electron chi connectivity index (χ2n) is 6.68. The minimum absolute atomic E-state index is 0.594. The highest BCUT2D eigenvalue weighted by molar-refractivity contribution is 4.75. The van der Waals surface area contributed by atoms with Crippen molar-refractivity contribution in [2.24, 2.45) is 11.1 Å². The zero-order chi connectivity index (χ0) is 14.4. The van der Waals surface area contributed by atoms with Crippen molar-refractivity contribution >= 4 is 0 Å². The van der Waals surface area contributed by atoms with Crippen molar-refractivity contribution in [3.05, 3.63) is 0 Å². The molecule has 0 heterocycles. The van der Waals surface area contributed by atoms with E-state index in [0.29, 0.717) is 5.41 Å². The zero-order valence-corrected chi connectivity index (χ0v) is 14.0. The monoisotopic (exact) mass is 269 g/mol. The maximum Gasteiger partial charge on any atom is -0.00773 e. The first-order chi connectivity index (χ1) is 9.18. The van der Waals surface area contributed by atoms with Crippen molar-refractivity contribution in [3.8, 4) is 0 Å². The molecule has 0 aliphatic heterocycles. The summed E-state index contributed by atoms with van der Waals surface area (Å²) in [6.07, 6.45) is 18.0. The largest absolute Gasteiger partial charge is 0.330 e. The van der Waals surface area contributed by atoms with E-state index in [9.17, 15) is 0 Å². The molecule has 0 aromatic carbocycles. The van der Waals surface area contributed by atoms with E-state index < -0.39 is 0 Å². The Morgan fingerprint density at radius 2 is 1.05 bits per heavy atom. The molecule has 0 spiro atoms. The van der Waals surface area contributed by atoms with E-state index in [1.807, 2.05) is 0 Å². The quantitative estimate of drug-likeness (QED) is 0.381. The summed E-state index contributed by atoms with van der Waals surface area (Å²) < 4.78 is 0. The van der Waals surface area contributed by atoms with Gasteiger partial charge in [0.15, 0.2) is 0 Å². The smallest absolute Gasteiger partial charge is 0.00773 e. The third-order valence-electron chi connectivity index (χ3n) is 4.50. The average molecular weight is 270 g/mol. The minimum Gasteiger partial charge on any atom is -0.330 e. The molecule has 116 valence electrons.